The predicted molar refractivity (Wildman–Crippen MR) is 107 cm³/mol. The number of nitrogens with zero attached hydrogens (tertiary/aromatic N) is 2. The van der Waals surface area contributed by atoms with Gasteiger partial charge < -0.3 is 9.84 Å². The number of aromatic nitrogens is 2. The van der Waals surface area contributed by atoms with E-state index in [9.17, 15) is 9.90 Å². The number of aliphatic hydroxyl groups excluding tert-OH is 1. The Morgan fingerprint density at radius 3 is 2.32 bits per heavy atom. The third-order valence-corrected chi connectivity index (χ3v) is 5.30. The zero-order valence-corrected chi connectivity index (χ0v) is 16.0. The fourth-order valence-corrected chi connectivity index (χ4v) is 3.82. The van der Waals surface area contributed by atoms with Gasteiger partial charge in [0.2, 0.25) is 0 Å². The molecule has 0 atom stereocenters. The molecular weight excluding hydrogens is 354 g/mol. The van der Waals surface area contributed by atoms with Crippen LogP contribution in [-0.2, 0) is 11.3 Å². The summed E-state index contributed by atoms with van der Waals surface area (Å²) >= 11 is 0. The lowest BCUT2D eigenvalue weighted by atomic mass is 9.98. The van der Waals surface area contributed by atoms with Crippen molar-refractivity contribution in [3.05, 3.63) is 70.9 Å². The summed E-state index contributed by atoms with van der Waals surface area (Å²) in [7, 11) is 0. The minimum absolute atomic E-state index is 0.0170. The van der Waals surface area contributed by atoms with Crippen LogP contribution < -0.4 is 5.32 Å². The fraction of sp³-hybridized carbons (Fsp3) is 0.273. The summed E-state index contributed by atoms with van der Waals surface area (Å²) in [6.45, 7) is 4.26. The number of fused-ring (bicyclic) bond motifs is 3. The average molecular weight is 377 g/mol. The first kappa shape index (κ1) is 18.3. The Kier molecular flexibility index (Phi) is 4.88. The Bertz CT molecular complexity index is 980. The molecule has 1 heterocycles. The highest BCUT2D eigenvalue weighted by Crippen LogP contribution is 2.44. The number of anilines is 1. The van der Waals surface area contributed by atoms with Gasteiger partial charge in [-0.05, 0) is 36.1 Å². The number of hydrogen-bond acceptors (Lipinski definition) is 4. The number of benzene rings is 2. The molecule has 0 fully saturated rings. The minimum Gasteiger partial charge on any atom is -0.448 e. The van der Waals surface area contributed by atoms with Gasteiger partial charge in [-0.3, -0.25) is 5.32 Å². The highest BCUT2D eigenvalue weighted by Gasteiger charge is 2.29. The van der Waals surface area contributed by atoms with E-state index in [-0.39, 0.29) is 19.1 Å². The van der Waals surface area contributed by atoms with Crippen LogP contribution >= 0.6 is 0 Å². The van der Waals surface area contributed by atoms with Crippen molar-refractivity contribution in [2.45, 2.75) is 26.3 Å². The van der Waals surface area contributed by atoms with Crippen molar-refractivity contribution in [2.75, 3.05) is 18.5 Å². The van der Waals surface area contributed by atoms with E-state index in [2.05, 4.69) is 34.7 Å². The Labute approximate surface area is 163 Å². The van der Waals surface area contributed by atoms with Gasteiger partial charge in [0.1, 0.15) is 12.4 Å². The van der Waals surface area contributed by atoms with Crippen LogP contribution in [0.4, 0.5) is 10.6 Å². The van der Waals surface area contributed by atoms with Gasteiger partial charge in [-0.25, -0.2) is 9.48 Å². The van der Waals surface area contributed by atoms with Crippen molar-refractivity contribution in [1.82, 2.24) is 9.78 Å². The first-order chi connectivity index (χ1) is 13.6. The number of carbonyl (C=O) groups is 1. The lowest BCUT2D eigenvalue weighted by Gasteiger charge is -2.15. The van der Waals surface area contributed by atoms with Gasteiger partial charge in [-0.15, -0.1) is 0 Å². The van der Waals surface area contributed by atoms with Gasteiger partial charge in [0.05, 0.1) is 18.8 Å². The van der Waals surface area contributed by atoms with Crippen molar-refractivity contribution in [1.29, 1.82) is 0 Å². The molecule has 2 N–H and O–H groups in total. The first-order valence-corrected chi connectivity index (χ1v) is 9.37. The van der Waals surface area contributed by atoms with E-state index >= 15 is 0 Å². The van der Waals surface area contributed by atoms with Crippen LogP contribution in [0.15, 0.2) is 48.5 Å². The second-order valence-corrected chi connectivity index (χ2v) is 6.96. The molecule has 2 aromatic carbocycles. The summed E-state index contributed by atoms with van der Waals surface area (Å²) in [4.78, 5) is 12.5. The largest absolute Gasteiger partial charge is 0.448 e. The molecule has 4 rings (SSSR count). The third kappa shape index (κ3) is 3.16. The predicted octanol–water partition coefficient (Wildman–Crippen LogP) is 3.85. The van der Waals surface area contributed by atoms with Crippen molar-refractivity contribution in [3.63, 3.8) is 0 Å². The molecule has 1 amide bonds. The summed E-state index contributed by atoms with van der Waals surface area (Å²) in [5.74, 6) is 0.576. The highest BCUT2D eigenvalue weighted by molar-refractivity contribution is 5.85. The molecule has 0 saturated heterocycles. The third-order valence-electron chi connectivity index (χ3n) is 5.30. The molecule has 0 radical (unpaired) electrons. The Hall–Kier alpha value is -3.12. The van der Waals surface area contributed by atoms with Gasteiger partial charge in [0, 0.05) is 11.5 Å². The highest BCUT2D eigenvalue weighted by atomic mass is 16.5. The van der Waals surface area contributed by atoms with Crippen LogP contribution in [0.2, 0.25) is 0 Å². The van der Waals surface area contributed by atoms with Crippen molar-refractivity contribution >= 4 is 11.9 Å². The average Bonchev–Trinajstić information content (AvgIpc) is 3.16. The number of ether oxygens (including phenoxy) is 1. The first-order valence-electron chi connectivity index (χ1n) is 9.37. The zero-order chi connectivity index (χ0) is 19.7. The summed E-state index contributed by atoms with van der Waals surface area (Å²) < 4.78 is 7.18. The zero-order valence-electron chi connectivity index (χ0n) is 16.0. The molecule has 6 nitrogen and oxygen atoms in total. The van der Waals surface area contributed by atoms with E-state index in [0.29, 0.717) is 12.4 Å². The molecule has 144 valence electrons. The van der Waals surface area contributed by atoms with Crippen LogP contribution in [0.5, 0.6) is 0 Å². The lowest BCUT2D eigenvalue weighted by molar-refractivity contribution is 0.158. The van der Waals surface area contributed by atoms with E-state index < -0.39 is 6.09 Å². The van der Waals surface area contributed by atoms with Gasteiger partial charge in [-0.1, -0.05) is 48.5 Å². The maximum atomic E-state index is 12.5. The maximum Gasteiger partial charge on any atom is 0.412 e. The summed E-state index contributed by atoms with van der Waals surface area (Å²) in [5.41, 5.74) is 6.41. The number of aliphatic hydroxyl groups is 1. The van der Waals surface area contributed by atoms with Gasteiger partial charge in [0.25, 0.3) is 0 Å². The van der Waals surface area contributed by atoms with Crippen LogP contribution in [0.1, 0.15) is 28.3 Å². The van der Waals surface area contributed by atoms with Crippen molar-refractivity contribution < 1.29 is 14.6 Å². The van der Waals surface area contributed by atoms with Gasteiger partial charge >= 0.3 is 6.09 Å². The van der Waals surface area contributed by atoms with E-state index in [0.717, 1.165) is 11.3 Å². The van der Waals surface area contributed by atoms with Crippen LogP contribution in [-0.4, -0.2) is 34.2 Å². The lowest BCUT2D eigenvalue weighted by Crippen LogP contribution is -2.20. The molecule has 1 aliphatic rings. The molecule has 0 spiro atoms. The fourth-order valence-electron chi connectivity index (χ4n) is 3.82. The number of nitrogens with one attached hydrogen (secondary N) is 1. The summed E-state index contributed by atoms with van der Waals surface area (Å²) in [6.07, 6.45) is -0.524. The standard InChI is InChI=1S/C22H23N3O3/c1-14-15(2)24-25(11-12-26)21(14)23-22(27)28-13-20-18-9-5-3-7-16(18)17-8-4-6-10-19(17)20/h3-10,20,26H,11-13H2,1-2H3,(H,23,27). The quantitative estimate of drug-likeness (QED) is 0.708. The number of hydrogen-bond donors (Lipinski definition) is 2. The minimum atomic E-state index is -0.524. The molecule has 0 aliphatic heterocycles. The molecule has 3 aromatic rings. The Morgan fingerprint density at radius 1 is 1.11 bits per heavy atom. The molecule has 1 aliphatic carbocycles. The monoisotopic (exact) mass is 377 g/mol. The topological polar surface area (TPSA) is 76.4 Å². The number of carbonyl (C=O) groups excluding carboxylic acids is 1. The normalized spacial score (nSPS) is 12.5. The molecule has 1 aromatic heterocycles. The summed E-state index contributed by atoms with van der Waals surface area (Å²) in [6, 6.07) is 16.5. The smallest absolute Gasteiger partial charge is 0.412 e. The summed E-state index contributed by atoms with van der Waals surface area (Å²) in [5, 5.41) is 16.3. The van der Waals surface area contributed by atoms with Crippen LogP contribution in [0.25, 0.3) is 11.1 Å². The molecule has 28 heavy (non-hydrogen) atoms. The number of rotatable bonds is 5. The van der Waals surface area contributed by atoms with E-state index in [1.807, 2.05) is 38.1 Å². The van der Waals surface area contributed by atoms with Gasteiger partial charge in [-0.2, -0.15) is 5.10 Å². The van der Waals surface area contributed by atoms with Crippen molar-refractivity contribution in [3.8, 4) is 11.1 Å². The SMILES string of the molecule is Cc1nn(CCO)c(NC(=O)OCC2c3ccccc3-c3ccccc32)c1C. The second-order valence-electron chi connectivity index (χ2n) is 6.96. The molecule has 0 saturated carbocycles. The van der Waals surface area contributed by atoms with E-state index in [1.165, 1.54) is 22.3 Å². The Morgan fingerprint density at radius 2 is 1.71 bits per heavy atom. The van der Waals surface area contributed by atoms with Crippen LogP contribution in [0, 0.1) is 13.8 Å². The van der Waals surface area contributed by atoms with Crippen molar-refractivity contribution in [2.24, 2.45) is 0 Å². The molecule has 0 unspecified atom stereocenters. The Balaban J connectivity index is 1.51. The molecule has 6 heteroatoms. The second kappa shape index (κ2) is 7.48. The molecule has 0 bridgehead atoms. The van der Waals surface area contributed by atoms with E-state index in [1.54, 1.807) is 4.68 Å². The number of amides is 1. The van der Waals surface area contributed by atoms with E-state index in [4.69, 9.17) is 4.74 Å². The maximum absolute atomic E-state index is 12.5. The number of aryl methyl sites for hydroxylation is 1. The van der Waals surface area contributed by atoms with Gasteiger partial charge in [0.15, 0.2) is 0 Å². The molecular formula is C22H23N3O3. The van der Waals surface area contributed by atoms with Crippen LogP contribution in [0.3, 0.4) is 0 Å².